The van der Waals surface area contributed by atoms with E-state index in [1.165, 1.54) is 0 Å². The first-order chi connectivity index (χ1) is 6.50. The van der Waals surface area contributed by atoms with Crippen LogP contribution in [0.25, 0.3) is 0 Å². The lowest BCUT2D eigenvalue weighted by molar-refractivity contribution is -0.151. The Kier molecular flexibility index (Phi) is 1.93. The highest BCUT2D eigenvalue weighted by atomic mass is 16.1. The first-order valence-electron chi connectivity index (χ1n) is 4.95. The molecule has 2 heterocycles. The molecule has 0 aromatic carbocycles. The minimum absolute atomic E-state index is 0.307. The molecule has 0 aliphatic carbocycles. The largest absolute Gasteiger partial charge is 0.343 e. The lowest BCUT2D eigenvalue weighted by Gasteiger charge is -2.51. The SMILES string of the molecule is C[C@]12CNC[C@](C)(CN(C=O)C1)C2=O. The zero-order valence-electron chi connectivity index (χ0n) is 8.67. The smallest absolute Gasteiger partial charge is 0.209 e. The zero-order valence-corrected chi connectivity index (χ0v) is 8.67. The van der Waals surface area contributed by atoms with Gasteiger partial charge in [0.2, 0.25) is 6.41 Å². The Labute approximate surface area is 83.6 Å². The van der Waals surface area contributed by atoms with Gasteiger partial charge in [-0.2, -0.15) is 0 Å². The van der Waals surface area contributed by atoms with Gasteiger partial charge in [-0.1, -0.05) is 0 Å². The van der Waals surface area contributed by atoms with Crippen LogP contribution in [-0.4, -0.2) is 43.3 Å². The maximum atomic E-state index is 12.1. The summed E-state index contributed by atoms with van der Waals surface area (Å²) < 4.78 is 0. The Morgan fingerprint density at radius 2 is 1.79 bits per heavy atom. The number of piperidine rings is 2. The van der Waals surface area contributed by atoms with Crippen molar-refractivity contribution in [2.75, 3.05) is 26.2 Å². The molecular formula is C10H16N2O2. The van der Waals surface area contributed by atoms with Gasteiger partial charge in [0.15, 0.2) is 5.78 Å². The second-order valence-corrected chi connectivity index (χ2v) is 5.06. The van der Waals surface area contributed by atoms with E-state index in [9.17, 15) is 9.59 Å². The molecule has 2 bridgehead atoms. The molecular weight excluding hydrogens is 180 g/mol. The second kappa shape index (κ2) is 2.79. The number of carbonyl (C=O) groups is 2. The minimum Gasteiger partial charge on any atom is -0.343 e. The molecule has 2 rings (SSSR count). The first-order valence-corrected chi connectivity index (χ1v) is 4.95. The average Bonchev–Trinajstić information content (AvgIpc) is 2.11. The minimum atomic E-state index is -0.383. The summed E-state index contributed by atoms with van der Waals surface area (Å²) in [6.07, 6.45) is 0.855. The number of nitrogens with one attached hydrogen (secondary N) is 1. The van der Waals surface area contributed by atoms with Crippen LogP contribution in [0, 0.1) is 10.8 Å². The number of hydrogen-bond acceptors (Lipinski definition) is 3. The summed E-state index contributed by atoms with van der Waals surface area (Å²) in [5.41, 5.74) is -0.766. The van der Waals surface area contributed by atoms with Gasteiger partial charge in [0, 0.05) is 26.2 Å². The topological polar surface area (TPSA) is 49.4 Å². The maximum Gasteiger partial charge on any atom is 0.209 e. The van der Waals surface area contributed by atoms with E-state index in [1.807, 2.05) is 13.8 Å². The maximum absolute atomic E-state index is 12.1. The molecule has 78 valence electrons. The van der Waals surface area contributed by atoms with Crippen LogP contribution in [0.15, 0.2) is 0 Å². The Hall–Kier alpha value is -0.900. The summed E-state index contributed by atoms with van der Waals surface area (Å²) in [5, 5.41) is 3.28. The average molecular weight is 196 g/mol. The van der Waals surface area contributed by atoms with Crippen LogP contribution in [0.2, 0.25) is 0 Å². The van der Waals surface area contributed by atoms with Crippen molar-refractivity contribution in [1.82, 2.24) is 10.2 Å². The lowest BCUT2D eigenvalue weighted by atomic mass is 9.65. The van der Waals surface area contributed by atoms with Crippen LogP contribution in [-0.2, 0) is 9.59 Å². The predicted molar refractivity (Wildman–Crippen MR) is 51.7 cm³/mol. The van der Waals surface area contributed by atoms with Crippen LogP contribution in [0.5, 0.6) is 0 Å². The van der Waals surface area contributed by atoms with Crippen LogP contribution >= 0.6 is 0 Å². The van der Waals surface area contributed by atoms with Crippen molar-refractivity contribution in [2.45, 2.75) is 13.8 Å². The third-order valence-corrected chi connectivity index (χ3v) is 3.38. The van der Waals surface area contributed by atoms with E-state index < -0.39 is 0 Å². The Morgan fingerprint density at radius 3 is 2.21 bits per heavy atom. The lowest BCUT2D eigenvalue weighted by Crippen LogP contribution is -2.67. The first kappa shape index (κ1) is 9.65. The highest BCUT2D eigenvalue weighted by Gasteiger charge is 2.53. The summed E-state index contributed by atoms with van der Waals surface area (Å²) in [5.74, 6) is 0.307. The van der Waals surface area contributed by atoms with Gasteiger partial charge < -0.3 is 10.2 Å². The molecule has 4 nitrogen and oxygen atoms in total. The normalized spacial score (nSPS) is 42.4. The molecule has 1 N–H and O–H groups in total. The van der Waals surface area contributed by atoms with Gasteiger partial charge in [-0.3, -0.25) is 9.59 Å². The molecule has 14 heavy (non-hydrogen) atoms. The van der Waals surface area contributed by atoms with E-state index in [0.717, 1.165) is 6.41 Å². The molecule has 2 atom stereocenters. The highest BCUT2D eigenvalue weighted by molar-refractivity contribution is 5.92. The van der Waals surface area contributed by atoms with Gasteiger partial charge in [-0.15, -0.1) is 0 Å². The van der Waals surface area contributed by atoms with Gasteiger partial charge in [0.25, 0.3) is 0 Å². The number of hydrogen-bond donors (Lipinski definition) is 1. The molecule has 1 amide bonds. The van der Waals surface area contributed by atoms with Crippen molar-refractivity contribution in [3.63, 3.8) is 0 Å². The second-order valence-electron chi connectivity index (χ2n) is 5.06. The molecule has 0 unspecified atom stereocenters. The zero-order chi connectivity index (χ0) is 10.4. The molecule has 2 fully saturated rings. The number of ketones is 1. The highest BCUT2D eigenvalue weighted by Crippen LogP contribution is 2.38. The van der Waals surface area contributed by atoms with Crippen LogP contribution < -0.4 is 5.32 Å². The quantitative estimate of drug-likeness (QED) is 0.583. The molecule has 0 aromatic rings. The third-order valence-electron chi connectivity index (χ3n) is 3.38. The molecule has 0 radical (unpaired) electrons. The predicted octanol–water partition coefficient (Wildman–Crippen LogP) is -0.357. The molecule has 0 saturated carbocycles. The number of Topliss-reactive ketones (excluding diaryl/α,β-unsaturated/α-hetero) is 1. The van der Waals surface area contributed by atoms with Gasteiger partial charge in [-0.25, -0.2) is 0 Å². The summed E-state index contributed by atoms with van der Waals surface area (Å²) in [6.45, 7) is 6.36. The number of likely N-dealkylation sites (tertiary alicyclic amines) is 1. The van der Waals surface area contributed by atoms with Crippen molar-refractivity contribution in [2.24, 2.45) is 10.8 Å². The molecule has 2 aliphatic heterocycles. The van der Waals surface area contributed by atoms with Crippen LogP contribution in [0.4, 0.5) is 0 Å². The fourth-order valence-electron chi connectivity index (χ4n) is 2.79. The van der Waals surface area contributed by atoms with Crippen LogP contribution in [0.3, 0.4) is 0 Å². The number of fused-ring (bicyclic) bond motifs is 2. The molecule has 0 spiro atoms. The van der Waals surface area contributed by atoms with Crippen molar-refractivity contribution in [1.29, 1.82) is 0 Å². The summed E-state index contributed by atoms with van der Waals surface area (Å²) in [7, 11) is 0. The van der Waals surface area contributed by atoms with E-state index in [1.54, 1.807) is 4.90 Å². The van der Waals surface area contributed by atoms with Crippen molar-refractivity contribution in [3.05, 3.63) is 0 Å². The number of rotatable bonds is 1. The van der Waals surface area contributed by atoms with E-state index >= 15 is 0 Å². The number of amides is 1. The van der Waals surface area contributed by atoms with E-state index in [2.05, 4.69) is 5.32 Å². The Morgan fingerprint density at radius 1 is 1.29 bits per heavy atom. The molecule has 2 aliphatic rings. The number of nitrogens with zero attached hydrogens (tertiary/aromatic N) is 1. The monoisotopic (exact) mass is 196 g/mol. The summed E-state index contributed by atoms with van der Waals surface area (Å²) in [4.78, 5) is 24.6. The van der Waals surface area contributed by atoms with Gasteiger partial charge >= 0.3 is 0 Å². The number of carbonyl (C=O) groups excluding carboxylic acids is 2. The van der Waals surface area contributed by atoms with E-state index in [0.29, 0.717) is 32.0 Å². The van der Waals surface area contributed by atoms with E-state index in [4.69, 9.17) is 0 Å². The van der Waals surface area contributed by atoms with E-state index in [-0.39, 0.29) is 10.8 Å². The van der Waals surface area contributed by atoms with Crippen molar-refractivity contribution < 1.29 is 9.59 Å². The standard InChI is InChI=1S/C10H16N2O2/c1-9-3-11-4-10(2,8(9)14)6-12(5-9)7-13/h7,11H,3-6H2,1-2H3/t9-,10+. The molecule has 2 saturated heterocycles. The van der Waals surface area contributed by atoms with Gasteiger partial charge in [-0.05, 0) is 13.8 Å². The van der Waals surface area contributed by atoms with Gasteiger partial charge in [0.1, 0.15) is 0 Å². The van der Waals surface area contributed by atoms with Gasteiger partial charge in [0.05, 0.1) is 10.8 Å². The summed E-state index contributed by atoms with van der Waals surface area (Å²) >= 11 is 0. The fraction of sp³-hybridized carbons (Fsp3) is 0.800. The van der Waals surface area contributed by atoms with Crippen molar-refractivity contribution in [3.8, 4) is 0 Å². The fourth-order valence-corrected chi connectivity index (χ4v) is 2.79. The Balaban J connectivity index is 2.34. The summed E-state index contributed by atoms with van der Waals surface area (Å²) in [6, 6.07) is 0. The third kappa shape index (κ3) is 1.17. The van der Waals surface area contributed by atoms with Crippen LogP contribution in [0.1, 0.15) is 13.8 Å². The Bertz CT molecular complexity index is 270. The molecule has 4 heteroatoms. The molecule has 0 aromatic heterocycles. The van der Waals surface area contributed by atoms with Crippen molar-refractivity contribution >= 4 is 12.2 Å².